The molecule has 34 heavy (non-hydrogen) atoms. The minimum absolute atomic E-state index is 0.188. The standard InChI is InChI=1S/C28H30N2O4/c1-2-19-16-30-12-10-20(19)15-24(30)28(22-9-11-29-23-6-4-3-5-21(22)23)34-27(31)14-18-7-8-25-26(13-18)33-17-32-25/h3-9,11,13,19-20,24,28H,2,10,12,14-17H2,1H3/t19-,20+,24+,28-/m0/s1. The van der Waals surface area contributed by atoms with Gasteiger partial charge in [-0.05, 0) is 61.1 Å². The van der Waals surface area contributed by atoms with Crippen LogP contribution in [0, 0.1) is 11.8 Å². The Morgan fingerprint density at radius 3 is 2.91 bits per heavy atom. The van der Waals surface area contributed by atoms with E-state index < -0.39 is 0 Å². The molecule has 7 rings (SSSR count). The maximum Gasteiger partial charge on any atom is 0.310 e. The molecule has 5 atom stereocenters. The molecule has 6 nitrogen and oxygen atoms in total. The fourth-order valence-corrected chi connectivity index (χ4v) is 6.07. The second-order valence-corrected chi connectivity index (χ2v) is 9.71. The van der Waals surface area contributed by atoms with Gasteiger partial charge in [0.25, 0.3) is 0 Å². The van der Waals surface area contributed by atoms with E-state index in [-0.39, 0.29) is 31.3 Å². The van der Waals surface area contributed by atoms with Crippen molar-refractivity contribution in [3.05, 3.63) is 65.9 Å². The molecule has 0 saturated carbocycles. The van der Waals surface area contributed by atoms with Crippen LogP contribution in [0.4, 0.5) is 0 Å². The number of fused-ring (bicyclic) bond motifs is 5. The fourth-order valence-electron chi connectivity index (χ4n) is 6.07. The number of nitrogens with zero attached hydrogens (tertiary/aromatic N) is 2. The number of carbonyl (C=O) groups excluding carboxylic acids is 1. The van der Waals surface area contributed by atoms with E-state index in [4.69, 9.17) is 14.2 Å². The Bertz CT molecular complexity index is 1210. The summed E-state index contributed by atoms with van der Waals surface area (Å²) in [6, 6.07) is 16.0. The van der Waals surface area contributed by atoms with Gasteiger partial charge in [-0.1, -0.05) is 37.6 Å². The summed E-state index contributed by atoms with van der Waals surface area (Å²) in [5.74, 6) is 2.62. The molecule has 1 aromatic heterocycles. The molecular weight excluding hydrogens is 428 g/mol. The minimum atomic E-state index is -0.324. The number of hydrogen-bond acceptors (Lipinski definition) is 6. The lowest BCUT2D eigenvalue weighted by molar-refractivity contribution is -0.157. The second kappa shape index (κ2) is 8.91. The highest BCUT2D eigenvalue weighted by atomic mass is 16.7. The van der Waals surface area contributed by atoms with Gasteiger partial charge in [0.15, 0.2) is 11.5 Å². The summed E-state index contributed by atoms with van der Waals surface area (Å²) >= 11 is 0. The van der Waals surface area contributed by atoms with Crippen molar-refractivity contribution in [3.63, 3.8) is 0 Å². The normalized spacial score (nSPS) is 25.9. The molecule has 3 fully saturated rings. The molecule has 0 N–H and O–H groups in total. The van der Waals surface area contributed by atoms with Crippen LogP contribution in [0.5, 0.6) is 11.5 Å². The zero-order valence-corrected chi connectivity index (χ0v) is 19.5. The van der Waals surface area contributed by atoms with Crippen LogP contribution in [0.15, 0.2) is 54.7 Å². The molecule has 2 aromatic carbocycles. The number of pyridine rings is 1. The van der Waals surface area contributed by atoms with Gasteiger partial charge in [-0.25, -0.2) is 0 Å². The van der Waals surface area contributed by atoms with Crippen LogP contribution in [-0.4, -0.2) is 41.8 Å². The monoisotopic (exact) mass is 458 g/mol. The van der Waals surface area contributed by atoms with E-state index >= 15 is 0 Å². The molecule has 0 aliphatic carbocycles. The first-order valence-corrected chi connectivity index (χ1v) is 12.4. The van der Waals surface area contributed by atoms with E-state index in [1.807, 2.05) is 48.7 Å². The largest absolute Gasteiger partial charge is 0.456 e. The van der Waals surface area contributed by atoms with Crippen LogP contribution in [0.3, 0.4) is 0 Å². The van der Waals surface area contributed by atoms with Crippen molar-refractivity contribution in [2.45, 2.75) is 44.8 Å². The van der Waals surface area contributed by atoms with Gasteiger partial charge < -0.3 is 14.2 Å². The van der Waals surface area contributed by atoms with E-state index in [0.29, 0.717) is 11.7 Å². The summed E-state index contributed by atoms with van der Waals surface area (Å²) in [5, 5.41) is 1.06. The number of hydrogen-bond donors (Lipinski definition) is 0. The number of ether oxygens (including phenoxy) is 3. The van der Waals surface area contributed by atoms with E-state index in [1.54, 1.807) is 0 Å². The van der Waals surface area contributed by atoms with Crippen molar-refractivity contribution in [1.29, 1.82) is 0 Å². The quantitative estimate of drug-likeness (QED) is 0.489. The fraction of sp³-hybridized carbons (Fsp3) is 0.429. The maximum absolute atomic E-state index is 13.3. The van der Waals surface area contributed by atoms with Crippen molar-refractivity contribution < 1.29 is 19.0 Å². The molecule has 2 bridgehead atoms. The summed E-state index contributed by atoms with van der Waals surface area (Å²) in [6.45, 7) is 4.68. The Morgan fingerprint density at radius 1 is 1.18 bits per heavy atom. The lowest BCUT2D eigenvalue weighted by Crippen LogP contribution is -2.55. The second-order valence-electron chi connectivity index (χ2n) is 9.71. The molecule has 3 saturated heterocycles. The smallest absolute Gasteiger partial charge is 0.310 e. The summed E-state index contributed by atoms with van der Waals surface area (Å²) in [5.41, 5.74) is 2.85. The maximum atomic E-state index is 13.3. The molecule has 0 radical (unpaired) electrons. The molecule has 4 aliphatic heterocycles. The van der Waals surface area contributed by atoms with Crippen LogP contribution in [0.25, 0.3) is 10.9 Å². The summed E-state index contributed by atoms with van der Waals surface area (Å²) in [6.07, 6.45) is 5.22. The number of piperidine rings is 3. The number of aromatic nitrogens is 1. The first-order chi connectivity index (χ1) is 16.7. The highest BCUT2D eigenvalue weighted by Gasteiger charge is 2.44. The third-order valence-electron chi connectivity index (χ3n) is 7.84. The molecule has 1 unspecified atom stereocenters. The van der Waals surface area contributed by atoms with E-state index in [1.165, 1.54) is 12.8 Å². The molecular formula is C28H30N2O4. The summed E-state index contributed by atoms with van der Waals surface area (Å²) < 4.78 is 17.2. The average Bonchev–Trinajstić information content (AvgIpc) is 3.35. The van der Waals surface area contributed by atoms with Crippen LogP contribution in [0.1, 0.15) is 43.4 Å². The van der Waals surface area contributed by atoms with Crippen molar-refractivity contribution in [1.82, 2.24) is 9.88 Å². The van der Waals surface area contributed by atoms with Crippen molar-refractivity contribution in [2.75, 3.05) is 19.9 Å². The molecule has 5 heterocycles. The van der Waals surface area contributed by atoms with Crippen LogP contribution in [0.2, 0.25) is 0 Å². The van der Waals surface area contributed by atoms with Gasteiger partial charge in [0.1, 0.15) is 6.10 Å². The molecule has 0 spiro atoms. The van der Waals surface area contributed by atoms with Crippen molar-refractivity contribution in [3.8, 4) is 11.5 Å². The zero-order valence-electron chi connectivity index (χ0n) is 19.5. The Kier molecular flexibility index (Phi) is 5.61. The zero-order chi connectivity index (χ0) is 23.1. The third-order valence-corrected chi connectivity index (χ3v) is 7.84. The van der Waals surface area contributed by atoms with Gasteiger partial charge >= 0.3 is 5.97 Å². The molecule has 176 valence electrons. The van der Waals surface area contributed by atoms with Crippen LogP contribution < -0.4 is 9.47 Å². The lowest BCUT2D eigenvalue weighted by Gasteiger charge is -2.51. The topological polar surface area (TPSA) is 60.9 Å². The number of esters is 1. The highest BCUT2D eigenvalue weighted by molar-refractivity contribution is 5.83. The molecule has 0 amide bonds. The van der Waals surface area contributed by atoms with Gasteiger partial charge in [-0.2, -0.15) is 0 Å². The molecule has 3 aromatic rings. The number of para-hydroxylation sites is 1. The molecule has 6 heteroatoms. The van der Waals surface area contributed by atoms with E-state index in [0.717, 1.165) is 53.2 Å². The predicted molar refractivity (Wildman–Crippen MR) is 129 cm³/mol. The SMILES string of the molecule is CC[C@H]1CN2CC[C@@H]1C[C@@H]2[C@@H](OC(=O)Cc1ccc2c(c1)OCO2)c1ccnc2ccccc12. The van der Waals surface area contributed by atoms with Gasteiger partial charge in [-0.3, -0.25) is 14.7 Å². The Hall–Kier alpha value is -3.12. The Morgan fingerprint density at radius 2 is 2.06 bits per heavy atom. The van der Waals surface area contributed by atoms with Crippen molar-refractivity contribution >= 4 is 16.9 Å². The van der Waals surface area contributed by atoms with Crippen LogP contribution >= 0.6 is 0 Å². The first kappa shape index (κ1) is 21.4. The van der Waals surface area contributed by atoms with Gasteiger partial charge in [0, 0.05) is 23.7 Å². The van der Waals surface area contributed by atoms with Gasteiger partial charge in [0.05, 0.1) is 18.0 Å². The Labute approximate surface area is 199 Å². The first-order valence-electron chi connectivity index (χ1n) is 12.4. The van der Waals surface area contributed by atoms with Crippen molar-refractivity contribution in [2.24, 2.45) is 11.8 Å². The highest BCUT2D eigenvalue weighted by Crippen LogP contribution is 2.44. The number of carbonyl (C=O) groups is 1. The molecule has 4 aliphatic rings. The van der Waals surface area contributed by atoms with Gasteiger partial charge in [-0.15, -0.1) is 0 Å². The summed E-state index contributed by atoms with van der Waals surface area (Å²) in [7, 11) is 0. The van der Waals surface area contributed by atoms with Crippen LogP contribution in [-0.2, 0) is 16.0 Å². The van der Waals surface area contributed by atoms with Gasteiger partial charge in [0.2, 0.25) is 6.79 Å². The lowest BCUT2D eigenvalue weighted by atomic mass is 9.72. The number of rotatable bonds is 6. The van der Waals surface area contributed by atoms with E-state index in [9.17, 15) is 4.79 Å². The summed E-state index contributed by atoms with van der Waals surface area (Å²) in [4.78, 5) is 20.4. The third kappa shape index (κ3) is 3.90. The average molecular weight is 459 g/mol. The minimum Gasteiger partial charge on any atom is -0.456 e. The number of benzene rings is 2. The predicted octanol–water partition coefficient (Wildman–Crippen LogP) is 4.91. The van der Waals surface area contributed by atoms with E-state index in [2.05, 4.69) is 22.9 Å². The Balaban J connectivity index is 1.30.